The molecule has 1 aromatic carbocycles. The Labute approximate surface area is 122 Å². The monoisotopic (exact) mass is 351 g/mol. The van der Waals surface area contributed by atoms with E-state index in [1.807, 2.05) is 0 Å². The number of halogens is 1. The van der Waals surface area contributed by atoms with Crippen molar-refractivity contribution >= 4 is 26.0 Å². The maximum Gasteiger partial charge on any atom is 0.244 e. The van der Waals surface area contributed by atoms with Crippen LogP contribution < -0.4 is 0 Å². The zero-order chi connectivity index (χ0) is 14.6. The highest BCUT2D eigenvalue weighted by atomic mass is 79.9. The number of aliphatic hydroxyl groups is 1. The molecular weight excluding hydrogens is 334 g/mol. The van der Waals surface area contributed by atoms with E-state index >= 15 is 0 Å². The molecule has 0 heterocycles. The molecule has 0 amide bonds. The molecule has 5 nitrogen and oxygen atoms in total. The number of rotatable bonds is 6. The lowest BCUT2D eigenvalue weighted by molar-refractivity contribution is 0.149. The molecule has 1 N–H and O–H groups in total. The normalized spacial score (nSPS) is 13.8. The molecule has 0 radical (unpaired) electrons. The van der Waals surface area contributed by atoms with Gasteiger partial charge in [0.05, 0.1) is 18.1 Å². The van der Waals surface area contributed by atoms with Crippen LogP contribution in [0.15, 0.2) is 27.6 Å². The average Bonchev–Trinajstić information content (AvgIpc) is 2.37. The quantitative estimate of drug-likeness (QED) is 0.845. The molecular formula is C12H18BrNO4S. The van der Waals surface area contributed by atoms with Crippen LogP contribution in [-0.2, 0) is 21.4 Å². The first-order chi connectivity index (χ1) is 8.84. The number of likely N-dealkylation sites (N-methyl/N-ethyl adjacent to an activating group) is 1. The Morgan fingerprint density at radius 1 is 1.47 bits per heavy atom. The minimum atomic E-state index is -3.59. The highest BCUT2D eigenvalue weighted by Gasteiger charge is 2.27. The molecule has 7 heteroatoms. The Morgan fingerprint density at radius 3 is 2.58 bits per heavy atom. The molecule has 1 unspecified atom stereocenters. The molecule has 0 saturated heterocycles. The van der Waals surface area contributed by atoms with Gasteiger partial charge in [0.15, 0.2) is 0 Å². The van der Waals surface area contributed by atoms with E-state index in [-0.39, 0.29) is 17.5 Å². The predicted octanol–water partition coefficient (Wildman–Crippen LogP) is 1.60. The van der Waals surface area contributed by atoms with Gasteiger partial charge in [0.25, 0.3) is 0 Å². The molecule has 0 aliphatic rings. The lowest BCUT2D eigenvalue weighted by Gasteiger charge is -2.24. The van der Waals surface area contributed by atoms with E-state index in [1.54, 1.807) is 19.1 Å². The third-order valence-corrected chi connectivity index (χ3v) is 5.81. The topological polar surface area (TPSA) is 66.8 Å². The molecule has 0 aromatic heterocycles. The SMILES string of the molecule is COCC(C)N(C)S(=O)(=O)c1ccc(CO)cc1Br. The second-order valence-corrected chi connectivity index (χ2v) is 7.07. The number of nitrogens with zero attached hydrogens (tertiary/aromatic N) is 1. The van der Waals surface area contributed by atoms with Gasteiger partial charge in [0, 0.05) is 24.7 Å². The summed E-state index contributed by atoms with van der Waals surface area (Å²) in [5.41, 5.74) is 0.651. The molecule has 0 saturated carbocycles. The Hall–Kier alpha value is -0.470. The minimum Gasteiger partial charge on any atom is -0.392 e. The van der Waals surface area contributed by atoms with Crippen molar-refractivity contribution in [1.29, 1.82) is 0 Å². The number of ether oxygens (including phenoxy) is 1. The predicted molar refractivity (Wildman–Crippen MR) is 76.4 cm³/mol. The van der Waals surface area contributed by atoms with Crippen LogP contribution in [0.2, 0.25) is 0 Å². The molecule has 1 atom stereocenters. The highest BCUT2D eigenvalue weighted by Crippen LogP contribution is 2.26. The van der Waals surface area contributed by atoms with Crippen molar-refractivity contribution < 1.29 is 18.3 Å². The number of hydrogen-bond acceptors (Lipinski definition) is 4. The van der Waals surface area contributed by atoms with Crippen molar-refractivity contribution in [3.05, 3.63) is 28.2 Å². The van der Waals surface area contributed by atoms with Gasteiger partial charge in [-0.1, -0.05) is 6.07 Å². The van der Waals surface area contributed by atoms with Crippen molar-refractivity contribution in [2.24, 2.45) is 0 Å². The van der Waals surface area contributed by atoms with Crippen LogP contribution in [0.5, 0.6) is 0 Å². The minimum absolute atomic E-state index is 0.130. The van der Waals surface area contributed by atoms with Gasteiger partial charge in [-0.3, -0.25) is 0 Å². The Kier molecular flexibility index (Phi) is 5.94. The van der Waals surface area contributed by atoms with Gasteiger partial charge in [-0.2, -0.15) is 4.31 Å². The van der Waals surface area contributed by atoms with Gasteiger partial charge in [-0.05, 0) is 40.5 Å². The number of methoxy groups -OCH3 is 1. The van der Waals surface area contributed by atoms with Gasteiger partial charge in [0.1, 0.15) is 0 Å². The van der Waals surface area contributed by atoms with Crippen LogP contribution in [-0.4, -0.2) is 44.6 Å². The summed E-state index contributed by atoms with van der Waals surface area (Å²) in [5.74, 6) is 0. The van der Waals surface area contributed by atoms with Crippen molar-refractivity contribution in [2.75, 3.05) is 20.8 Å². The van der Waals surface area contributed by atoms with Crippen LogP contribution in [0.25, 0.3) is 0 Å². The zero-order valence-corrected chi connectivity index (χ0v) is 13.5. The molecule has 0 bridgehead atoms. The fourth-order valence-electron chi connectivity index (χ4n) is 1.59. The fraction of sp³-hybridized carbons (Fsp3) is 0.500. The van der Waals surface area contributed by atoms with E-state index < -0.39 is 10.0 Å². The van der Waals surface area contributed by atoms with Crippen molar-refractivity contribution in [1.82, 2.24) is 4.31 Å². The zero-order valence-electron chi connectivity index (χ0n) is 11.1. The van der Waals surface area contributed by atoms with E-state index in [4.69, 9.17) is 9.84 Å². The lowest BCUT2D eigenvalue weighted by Crippen LogP contribution is -2.37. The van der Waals surface area contributed by atoms with Crippen molar-refractivity contribution in [3.8, 4) is 0 Å². The van der Waals surface area contributed by atoms with Crippen LogP contribution in [0, 0.1) is 0 Å². The molecule has 0 spiro atoms. The van der Waals surface area contributed by atoms with E-state index in [9.17, 15) is 8.42 Å². The van der Waals surface area contributed by atoms with Gasteiger partial charge in [0.2, 0.25) is 10.0 Å². The largest absolute Gasteiger partial charge is 0.392 e. The first-order valence-electron chi connectivity index (χ1n) is 5.70. The summed E-state index contributed by atoms with van der Waals surface area (Å²) in [4.78, 5) is 0.176. The lowest BCUT2D eigenvalue weighted by atomic mass is 10.2. The Morgan fingerprint density at radius 2 is 2.11 bits per heavy atom. The average molecular weight is 352 g/mol. The molecule has 0 fully saturated rings. The fourth-order valence-corrected chi connectivity index (χ4v) is 4.02. The van der Waals surface area contributed by atoms with Gasteiger partial charge < -0.3 is 9.84 Å². The van der Waals surface area contributed by atoms with Crippen LogP contribution in [0.1, 0.15) is 12.5 Å². The van der Waals surface area contributed by atoms with Gasteiger partial charge in [-0.25, -0.2) is 8.42 Å². The summed E-state index contributed by atoms with van der Waals surface area (Å²) in [5, 5.41) is 9.03. The Balaban J connectivity index is 3.13. The maximum absolute atomic E-state index is 12.4. The van der Waals surface area contributed by atoms with Crippen molar-refractivity contribution in [2.45, 2.75) is 24.5 Å². The van der Waals surface area contributed by atoms with E-state index in [0.29, 0.717) is 16.6 Å². The summed E-state index contributed by atoms with van der Waals surface area (Å²) >= 11 is 3.23. The second kappa shape index (κ2) is 6.81. The number of sulfonamides is 1. The first-order valence-corrected chi connectivity index (χ1v) is 7.94. The Bertz CT molecular complexity index is 533. The summed E-state index contributed by atoms with van der Waals surface area (Å²) in [7, 11) is -0.541. The van der Waals surface area contributed by atoms with Crippen LogP contribution >= 0.6 is 15.9 Å². The molecule has 1 aromatic rings. The van der Waals surface area contributed by atoms with Crippen molar-refractivity contribution in [3.63, 3.8) is 0 Å². The molecule has 0 aliphatic carbocycles. The van der Waals surface area contributed by atoms with Crippen LogP contribution in [0.4, 0.5) is 0 Å². The second-order valence-electron chi connectivity index (χ2n) is 4.25. The molecule has 19 heavy (non-hydrogen) atoms. The summed E-state index contributed by atoms with van der Waals surface area (Å²) < 4.78 is 31.6. The first kappa shape index (κ1) is 16.6. The molecule has 108 valence electrons. The van der Waals surface area contributed by atoms with E-state index in [2.05, 4.69) is 15.9 Å². The number of aliphatic hydroxyl groups excluding tert-OH is 1. The standard InChI is InChI=1S/C12H18BrNO4S/c1-9(8-18-3)14(2)19(16,17)12-5-4-10(7-15)6-11(12)13/h4-6,9,15H,7-8H2,1-3H3. The number of hydrogen-bond donors (Lipinski definition) is 1. The molecule has 0 aliphatic heterocycles. The van der Waals surface area contributed by atoms with Gasteiger partial charge in [-0.15, -0.1) is 0 Å². The smallest absolute Gasteiger partial charge is 0.244 e. The van der Waals surface area contributed by atoms with E-state index in [1.165, 1.54) is 24.5 Å². The highest BCUT2D eigenvalue weighted by molar-refractivity contribution is 9.10. The van der Waals surface area contributed by atoms with Crippen LogP contribution in [0.3, 0.4) is 0 Å². The van der Waals surface area contributed by atoms with Gasteiger partial charge >= 0.3 is 0 Å². The molecule has 1 rings (SSSR count). The third-order valence-electron chi connectivity index (χ3n) is 2.86. The summed E-state index contributed by atoms with van der Waals surface area (Å²) in [6.45, 7) is 1.97. The summed E-state index contributed by atoms with van der Waals surface area (Å²) in [6.07, 6.45) is 0. The summed E-state index contributed by atoms with van der Waals surface area (Å²) in [6, 6.07) is 4.41. The van der Waals surface area contributed by atoms with E-state index in [0.717, 1.165) is 0 Å². The number of benzene rings is 1. The maximum atomic E-state index is 12.4. The third kappa shape index (κ3) is 3.76.